The molecule has 0 aliphatic carbocycles. The highest BCUT2D eigenvalue weighted by atomic mass is 32.2. The summed E-state index contributed by atoms with van der Waals surface area (Å²) in [5.41, 5.74) is 2.05. The summed E-state index contributed by atoms with van der Waals surface area (Å²) >= 11 is 2.87. The van der Waals surface area contributed by atoms with Crippen LogP contribution in [-0.2, 0) is 35.1 Å². The lowest BCUT2D eigenvalue weighted by molar-refractivity contribution is -0.154. The van der Waals surface area contributed by atoms with E-state index in [1.165, 1.54) is 40.2 Å². The Labute approximate surface area is 246 Å². The Morgan fingerprint density at radius 1 is 1.02 bits per heavy atom. The molecule has 1 saturated heterocycles. The molecule has 1 fully saturated rings. The molecular weight excluding hydrogens is 560 g/mol. The first kappa shape index (κ1) is 28.4. The normalized spacial score (nSPS) is 18.2. The van der Waals surface area contributed by atoms with Crippen LogP contribution < -0.4 is 5.32 Å². The molecule has 2 aliphatic heterocycles. The van der Waals surface area contributed by atoms with Crippen LogP contribution >= 0.6 is 23.1 Å². The van der Waals surface area contributed by atoms with Crippen LogP contribution in [0.4, 0.5) is 0 Å². The predicted octanol–water partition coefficient (Wildman–Crippen LogP) is 4.40. The van der Waals surface area contributed by atoms with Gasteiger partial charge in [0.25, 0.3) is 5.91 Å². The fourth-order valence-electron chi connectivity index (χ4n) is 4.66. The summed E-state index contributed by atoms with van der Waals surface area (Å²) in [6, 6.07) is 21.6. The van der Waals surface area contributed by atoms with Crippen LogP contribution in [0.1, 0.15) is 29.0 Å². The molecule has 10 heteroatoms. The number of thioether (sulfide) groups is 1. The number of thiophene rings is 1. The maximum Gasteiger partial charge on any atom is 0.356 e. The average Bonchev–Trinajstić information content (AvgIpc) is 3.51. The Bertz CT molecular complexity index is 1430. The van der Waals surface area contributed by atoms with Gasteiger partial charge in [0.2, 0.25) is 5.91 Å². The zero-order valence-corrected chi connectivity index (χ0v) is 23.9. The molecule has 210 valence electrons. The highest BCUT2D eigenvalue weighted by Gasteiger charge is 2.54. The standard InChI is InChI=1S/C31H28N2O6S2/c1-2-38-25(35)16-15-22-19-41-30-26(32-24(34)18-23-14-9-17-40-23)29(36)33(30)27(22)31(37)39-28(20-10-5-3-6-11-20)21-12-7-4-8-13-21/h3-17,26,28,30H,2,18-19H2,1H3,(H,32,34)/b16-15+/t26-,30-/m1/s1. The summed E-state index contributed by atoms with van der Waals surface area (Å²) in [5, 5.41) is 4.23. The molecule has 0 radical (unpaired) electrons. The second-order valence-corrected chi connectivity index (χ2v) is 11.4. The van der Waals surface area contributed by atoms with Gasteiger partial charge in [0.15, 0.2) is 6.10 Å². The van der Waals surface area contributed by atoms with Crippen LogP contribution in [0, 0.1) is 0 Å². The van der Waals surface area contributed by atoms with Gasteiger partial charge in [-0.3, -0.25) is 14.5 Å². The molecule has 3 heterocycles. The van der Waals surface area contributed by atoms with Gasteiger partial charge in [-0.05, 0) is 41.1 Å². The fraction of sp³-hybridized carbons (Fsp3) is 0.226. The number of nitrogens with zero attached hydrogens (tertiary/aromatic N) is 1. The summed E-state index contributed by atoms with van der Waals surface area (Å²) < 4.78 is 11.1. The van der Waals surface area contributed by atoms with Crippen molar-refractivity contribution in [1.29, 1.82) is 0 Å². The van der Waals surface area contributed by atoms with Gasteiger partial charge in [0.1, 0.15) is 17.1 Å². The van der Waals surface area contributed by atoms with Gasteiger partial charge in [0, 0.05) is 16.7 Å². The maximum absolute atomic E-state index is 13.9. The van der Waals surface area contributed by atoms with Crippen molar-refractivity contribution in [2.75, 3.05) is 12.4 Å². The first-order valence-electron chi connectivity index (χ1n) is 13.1. The summed E-state index contributed by atoms with van der Waals surface area (Å²) in [6.07, 6.45) is 2.18. The van der Waals surface area contributed by atoms with Crippen molar-refractivity contribution in [3.05, 3.63) is 118 Å². The van der Waals surface area contributed by atoms with Gasteiger partial charge in [-0.25, -0.2) is 9.59 Å². The van der Waals surface area contributed by atoms with Crippen molar-refractivity contribution in [3.8, 4) is 0 Å². The largest absolute Gasteiger partial charge is 0.463 e. The number of rotatable bonds is 10. The Hall–Kier alpha value is -4.15. The zero-order chi connectivity index (χ0) is 28.8. The number of fused-ring (bicyclic) bond motifs is 1. The molecule has 0 bridgehead atoms. The molecule has 0 saturated carbocycles. The summed E-state index contributed by atoms with van der Waals surface area (Å²) in [7, 11) is 0. The van der Waals surface area contributed by atoms with Crippen molar-refractivity contribution in [2.45, 2.75) is 30.9 Å². The van der Waals surface area contributed by atoms with E-state index in [2.05, 4.69) is 5.32 Å². The van der Waals surface area contributed by atoms with E-state index in [1.54, 1.807) is 6.92 Å². The lowest BCUT2D eigenvalue weighted by Crippen LogP contribution is -2.70. The molecule has 0 spiro atoms. The summed E-state index contributed by atoms with van der Waals surface area (Å²) in [5.74, 6) is -1.60. The number of amides is 2. The second-order valence-electron chi connectivity index (χ2n) is 9.28. The quantitative estimate of drug-likeness (QED) is 0.213. The van der Waals surface area contributed by atoms with Gasteiger partial charge >= 0.3 is 11.9 Å². The predicted molar refractivity (Wildman–Crippen MR) is 157 cm³/mol. The SMILES string of the molecule is CCOC(=O)/C=C/C1=C(C(=O)OC(c2ccccc2)c2ccccc2)N2C(=O)[C@@H](NC(=O)Cc3cccs3)[C@H]2SC1. The number of carbonyl (C=O) groups is 4. The molecule has 8 nitrogen and oxygen atoms in total. The highest BCUT2D eigenvalue weighted by Crippen LogP contribution is 2.42. The minimum atomic E-state index is -0.773. The summed E-state index contributed by atoms with van der Waals surface area (Å²) in [4.78, 5) is 54.3. The number of hydrogen-bond acceptors (Lipinski definition) is 8. The Morgan fingerprint density at radius 2 is 1.71 bits per heavy atom. The van der Waals surface area contributed by atoms with Crippen molar-refractivity contribution >= 4 is 46.9 Å². The van der Waals surface area contributed by atoms with E-state index >= 15 is 0 Å². The van der Waals surface area contributed by atoms with Gasteiger partial charge < -0.3 is 14.8 Å². The highest BCUT2D eigenvalue weighted by molar-refractivity contribution is 8.00. The number of allylic oxidation sites excluding steroid dienone is 1. The van der Waals surface area contributed by atoms with Crippen LogP contribution in [0.25, 0.3) is 0 Å². The van der Waals surface area contributed by atoms with Crippen LogP contribution in [0.5, 0.6) is 0 Å². The third-order valence-corrected chi connectivity index (χ3v) is 8.74. The van der Waals surface area contributed by atoms with E-state index in [9.17, 15) is 19.2 Å². The Balaban J connectivity index is 1.43. The number of carbonyl (C=O) groups excluding carboxylic acids is 4. The van der Waals surface area contributed by atoms with Crippen molar-refractivity contribution < 1.29 is 28.7 Å². The van der Waals surface area contributed by atoms with Gasteiger partial charge in [0.05, 0.1) is 13.0 Å². The molecule has 5 rings (SSSR count). The summed E-state index contributed by atoms with van der Waals surface area (Å²) in [6.45, 7) is 1.91. The minimum absolute atomic E-state index is 0.0555. The third kappa shape index (κ3) is 6.44. The zero-order valence-electron chi connectivity index (χ0n) is 22.2. The molecule has 2 aliphatic rings. The first-order chi connectivity index (χ1) is 20.0. The van der Waals surface area contributed by atoms with Gasteiger partial charge in [-0.15, -0.1) is 23.1 Å². The van der Waals surface area contributed by atoms with E-state index in [-0.39, 0.29) is 24.6 Å². The Kier molecular flexibility index (Phi) is 9.01. The number of esters is 2. The lowest BCUT2D eigenvalue weighted by Gasteiger charge is -2.49. The molecular formula is C31H28N2O6S2. The monoisotopic (exact) mass is 588 g/mol. The van der Waals surface area contributed by atoms with Crippen molar-refractivity contribution in [1.82, 2.24) is 10.2 Å². The van der Waals surface area contributed by atoms with Crippen LogP contribution in [0.15, 0.2) is 102 Å². The topological polar surface area (TPSA) is 102 Å². The van der Waals surface area contributed by atoms with E-state index in [0.29, 0.717) is 11.3 Å². The number of β-lactam (4-membered cyclic amide) rings is 1. The molecule has 0 unspecified atom stereocenters. The molecule has 3 aromatic rings. The number of ether oxygens (including phenoxy) is 2. The smallest absolute Gasteiger partial charge is 0.356 e. The van der Waals surface area contributed by atoms with E-state index < -0.39 is 35.4 Å². The van der Waals surface area contributed by atoms with Crippen LogP contribution in [0.3, 0.4) is 0 Å². The van der Waals surface area contributed by atoms with E-state index in [1.807, 2.05) is 78.2 Å². The molecule has 1 aromatic heterocycles. The van der Waals surface area contributed by atoms with Crippen LogP contribution in [0.2, 0.25) is 0 Å². The molecule has 41 heavy (non-hydrogen) atoms. The maximum atomic E-state index is 13.9. The number of nitrogens with one attached hydrogen (secondary N) is 1. The van der Waals surface area contributed by atoms with Gasteiger partial charge in [-0.2, -0.15) is 0 Å². The van der Waals surface area contributed by atoms with Crippen molar-refractivity contribution in [3.63, 3.8) is 0 Å². The first-order valence-corrected chi connectivity index (χ1v) is 15.0. The Morgan fingerprint density at radius 3 is 2.32 bits per heavy atom. The molecule has 2 amide bonds. The molecule has 2 atom stereocenters. The number of hydrogen-bond donors (Lipinski definition) is 1. The molecule has 1 N–H and O–H groups in total. The number of benzene rings is 2. The molecule has 2 aromatic carbocycles. The average molecular weight is 589 g/mol. The minimum Gasteiger partial charge on any atom is -0.463 e. The van der Waals surface area contributed by atoms with Gasteiger partial charge in [-0.1, -0.05) is 66.7 Å². The van der Waals surface area contributed by atoms with Crippen LogP contribution in [-0.4, -0.2) is 52.4 Å². The third-order valence-electron chi connectivity index (χ3n) is 6.56. The second kappa shape index (κ2) is 13.0. The van der Waals surface area contributed by atoms with E-state index in [4.69, 9.17) is 9.47 Å². The lowest BCUT2D eigenvalue weighted by atomic mass is 10.0. The van der Waals surface area contributed by atoms with Crippen molar-refractivity contribution in [2.24, 2.45) is 0 Å². The van der Waals surface area contributed by atoms with E-state index in [0.717, 1.165) is 16.0 Å². The fourth-order valence-corrected chi connectivity index (χ4v) is 6.68.